The second-order valence-corrected chi connectivity index (χ2v) is 4.37. The summed E-state index contributed by atoms with van der Waals surface area (Å²) in [6.45, 7) is 6.10. The molecule has 0 aliphatic rings. The molecule has 17 heavy (non-hydrogen) atoms. The molecule has 1 nitrogen and oxygen atoms in total. The summed E-state index contributed by atoms with van der Waals surface area (Å²) in [7, 11) is 0. The molecule has 0 radical (unpaired) electrons. The summed E-state index contributed by atoms with van der Waals surface area (Å²) in [6.07, 6.45) is 0. The Bertz CT molecular complexity index is 466. The second kappa shape index (κ2) is 7.13. The van der Waals surface area contributed by atoms with Crippen LogP contribution < -0.4 is 5.32 Å². The van der Waals surface area contributed by atoms with Gasteiger partial charge in [-0.1, -0.05) is 54.0 Å². The Morgan fingerprint density at radius 1 is 0.941 bits per heavy atom. The van der Waals surface area contributed by atoms with Gasteiger partial charge in [0.05, 0.1) is 0 Å². The molecule has 0 fully saturated rings. The quantitative estimate of drug-likeness (QED) is 0.767. The lowest BCUT2D eigenvalue weighted by atomic mass is 10.2. The van der Waals surface area contributed by atoms with Gasteiger partial charge in [0.2, 0.25) is 0 Å². The van der Waals surface area contributed by atoms with Crippen LogP contribution >= 0.6 is 15.9 Å². The largest absolute Gasteiger partial charge is 0.355 e. The molecule has 0 bridgehead atoms. The van der Waals surface area contributed by atoms with E-state index in [0.717, 1.165) is 15.8 Å². The van der Waals surface area contributed by atoms with Crippen LogP contribution in [0.25, 0.3) is 0 Å². The van der Waals surface area contributed by atoms with Crippen LogP contribution in [0.2, 0.25) is 0 Å². The molecule has 90 valence electrons. The van der Waals surface area contributed by atoms with Gasteiger partial charge in [-0.15, -0.1) is 0 Å². The van der Waals surface area contributed by atoms with Crippen LogP contribution in [0.4, 0.5) is 11.4 Å². The summed E-state index contributed by atoms with van der Waals surface area (Å²) >= 11 is 3.45. The third-order valence-corrected chi connectivity index (χ3v) is 2.74. The molecule has 0 aromatic heterocycles. The number of hydrogen-bond acceptors (Lipinski definition) is 1. The summed E-state index contributed by atoms with van der Waals surface area (Å²) in [5.41, 5.74) is 3.49. The van der Waals surface area contributed by atoms with Gasteiger partial charge in [-0.2, -0.15) is 0 Å². The maximum atomic E-state index is 3.45. The first-order chi connectivity index (χ1) is 8.25. The van der Waals surface area contributed by atoms with Gasteiger partial charge in [-0.05, 0) is 36.8 Å². The summed E-state index contributed by atoms with van der Waals surface area (Å²) in [5, 5.41) is 3.38. The van der Waals surface area contributed by atoms with E-state index in [2.05, 4.69) is 52.4 Å². The Kier molecular flexibility index (Phi) is 5.78. The van der Waals surface area contributed by atoms with Crippen molar-refractivity contribution in [1.82, 2.24) is 0 Å². The van der Waals surface area contributed by atoms with E-state index >= 15 is 0 Å². The van der Waals surface area contributed by atoms with Crippen molar-refractivity contribution in [1.29, 1.82) is 0 Å². The molecule has 2 aromatic rings. The first kappa shape index (κ1) is 13.8. The zero-order chi connectivity index (χ0) is 12.7. The summed E-state index contributed by atoms with van der Waals surface area (Å²) in [5.74, 6) is 0. The van der Waals surface area contributed by atoms with E-state index in [0.29, 0.717) is 0 Å². The van der Waals surface area contributed by atoms with Crippen LogP contribution in [0.3, 0.4) is 0 Å². The number of rotatable bonds is 2. The van der Waals surface area contributed by atoms with Crippen molar-refractivity contribution >= 4 is 27.3 Å². The van der Waals surface area contributed by atoms with E-state index in [1.165, 1.54) is 5.56 Å². The summed E-state index contributed by atoms with van der Waals surface area (Å²) in [6, 6.07) is 16.4. The van der Waals surface area contributed by atoms with Gasteiger partial charge in [0.1, 0.15) is 0 Å². The average molecular weight is 292 g/mol. The molecule has 0 saturated heterocycles. The van der Waals surface area contributed by atoms with Gasteiger partial charge in [0.25, 0.3) is 0 Å². The molecule has 0 atom stereocenters. The highest BCUT2D eigenvalue weighted by molar-refractivity contribution is 9.10. The second-order valence-electron chi connectivity index (χ2n) is 3.45. The lowest BCUT2D eigenvalue weighted by molar-refractivity contribution is 1.43. The van der Waals surface area contributed by atoms with Gasteiger partial charge in [-0.25, -0.2) is 0 Å². The minimum atomic E-state index is 1.08. The van der Waals surface area contributed by atoms with Crippen molar-refractivity contribution in [3.8, 4) is 0 Å². The predicted molar refractivity (Wildman–Crippen MR) is 80.0 cm³/mol. The molecule has 0 heterocycles. The van der Waals surface area contributed by atoms with E-state index in [9.17, 15) is 0 Å². The lowest BCUT2D eigenvalue weighted by Gasteiger charge is -2.09. The Hall–Kier alpha value is -1.28. The van der Waals surface area contributed by atoms with Crippen LogP contribution in [0.15, 0.2) is 53.0 Å². The average Bonchev–Trinajstić information content (AvgIpc) is 2.35. The van der Waals surface area contributed by atoms with Gasteiger partial charge in [0.15, 0.2) is 0 Å². The zero-order valence-corrected chi connectivity index (χ0v) is 12.1. The fourth-order valence-electron chi connectivity index (χ4n) is 1.43. The minimum absolute atomic E-state index is 1.08. The molecule has 0 unspecified atom stereocenters. The van der Waals surface area contributed by atoms with Crippen molar-refractivity contribution in [2.24, 2.45) is 0 Å². The highest BCUT2D eigenvalue weighted by atomic mass is 79.9. The smallest absolute Gasteiger partial charge is 0.0413 e. The fourth-order valence-corrected chi connectivity index (χ4v) is 1.83. The molecule has 0 spiro atoms. The number of benzene rings is 2. The molecule has 0 saturated carbocycles. The van der Waals surface area contributed by atoms with Gasteiger partial charge in [-0.3, -0.25) is 0 Å². The van der Waals surface area contributed by atoms with Crippen molar-refractivity contribution in [2.75, 3.05) is 5.32 Å². The van der Waals surface area contributed by atoms with Crippen LogP contribution in [0, 0.1) is 6.92 Å². The monoisotopic (exact) mass is 291 g/mol. The Morgan fingerprint density at radius 2 is 1.65 bits per heavy atom. The summed E-state index contributed by atoms with van der Waals surface area (Å²) < 4.78 is 1.08. The van der Waals surface area contributed by atoms with E-state index < -0.39 is 0 Å². The first-order valence-corrected chi connectivity index (χ1v) is 6.63. The van der Waals surface area contributed by atoms with Crippen molar-refractivity contribution < 1.29 is 0 Å². The first-order valence-electron chi connectivity index (χ1n) is 5.84. The molecule has 2 rings (SSSR count). The molecule has 2 aromatic carbocycles. The molecule has 2 heteroatoms. The topological polar surface area (TPSA) is 12.0 Å². The molecule has 1 N–H and O–H groups in total. The predicted octanol–water partition coefficient (Wildman–Crippen LogP) is 5.53. The lowest BCUT2D eigenvalue weighted by Crippen LogP contribution is -1.92. The van der Waals surface area contributed by atoms with Crippen molar-refractivity contribution in [3.63, 3.8) is 0 Å². The van der Waals surface area contributed by atoms with Crippen LogP contribution in [0.5, 0.6) is 0 Å². The fraction of sp³-hybridized carbons (Fsp3) is 0.200. The van der Waals surface area contributed by atoms with Gasteiger partial charge in [0, 0.05) is 15.8 Å². The van der Waals surface area contributed by atoms with E-state index in [1.807, 2.05) is 38.1 Å². The maximum absolute atomic E-state index is 3.45. The van der Waals surface area contributed by atoms with Crippen LogP contribution in [-0.2, 0) is 0 Å². The maximum Gasteiger partial charge on any atom is 0.0413 e. The third kappa shape index (κ3) is 4.23. The molecular formula is C15H18BrN. The minimum Gasteiger partial charge on any atom is -0.355 e. The molecular weight excluding hydrogens is 274 g/mol. The molecule has 0 aliphatic carbocycles. The number of para-hydroxylation sites is 1. The number of aryl methyl sites for hydroxylation is 1. The van der Waals surface area contributed by atoms with E-state index in [4.69, 9.17) is 0 Å². The highest BCUT2D eigenvalue weighted by Crippen LogP contribution is 2.22. The number of hydrogen-bond donors (Lipinski definition) is 1. The SMILES string of the molecule is CC.Cc1ccccc1Nc1cccc(Br)c1. The molecule has 0 aliphatic heterocycles. The summed E-state index contributed by atoms with van der Waals surface area (Å²) in [4.78, 5) is 0. The van der Waals surface area contributed by atoms with Gasteiger partial charge < -0.3 is 5.32 Å². The van der Waals surface area contributed by atoms with Crippen LogP contribution in [-0.4, -0.2) is 0 Å². The van der Waals surface area contributed by atoms with E-state index in [1.54, 1.807) is 0 Å². The number of anilines is 2. The third-order valence-electron chi connectivity index (χ3n) is 2.25. The number of halogens is 1. The Morgan fingerprint density at radius 3 is 2.29 bits per heavy atom. The van der Waals surface area contributed by atoms with Crippen LogP contribution in [0.1, 0.15) is 19.4 Å². The van der Waals surface area contributed by atoms with E-state index in [-0.39, 0.29) is 0 Å². The Labute approximate surface area is 112 Å². The molecule has 0 amide bonds. The number of nitrogens with one attached hydrogen (secondary N) is 1. The van der Waals surface area contributed by atoms with Gasteiger partial charge >= 0.3 is 0 Å². The van der Waals surface area contributed by atoms with Crippen molar-refractivity contribution in [2.45, 2.75) is 20.8 Å². The standard InChI is InChI=1S/C13H12BrN.C2H6/c1-10-5-2-3-8-13(10)15-12-7-4-6-11(14)9-12;1-2/h2-9,15H,1H3;1-2H3. The highest BCUT2D eigenvalue weighted by Gasteiger charge is 1.97. The van der Waals surface area contributed by atoms with Crippen molar-refractivity contribution in [3.05, 3.63) is 58.6 Å². The Balaban J connectivity index is 0.000000686. The normalized spacial score (nSPS) is 9.18. The zero-order valence-electron chi connectivity index (χ0n) is 10.5.